The summed E-state index contributed by atoms with van der Waals surface area (Å²) in [6.07, 6.45) is -4.87. The molecule has 0 fully saturated rings. The Hall–Kier alpha value is -0.210. The van der Waals surface area contributed by atoms with E-state index in [-0.39, 0.29) is 11.5 Å². The lowest BCUT2D eigenvalue weighted by Gasteiger charge is -2.20. The van der Waals surface area contributed by atoms with Crippen LogP contribution in [0.4, 0.5) is 13.2 Å². The molecule has 0 saturated heterocycles. The summed E-state index contributed by atoms with van der Waals surface area (Å²) < 4.78 is 39.2. The average Bonchev–Trinajstić information content (AvgIpc) is 2.58. The predicted molar refractivity (Wildman–Crippen MR) is 61.1 cm³/mol. The fourth-order valence-corrected chi connectivity index (χ4v) is 2.62. The first-order valence-electron chi connectivity index (χ1n) is 3.95. The normalized spacial score (nSPS) is 25.1. The van der Waals surface area contributed by atoms with Crippen molar-refractivity contribution in [1.82, 2.24) is 9.74 Å². The van der Waals surface area contributed by atoms with Gasteiger partial charge in [-0.1, -0.05) is 0 Å². The van der Waals surface area contributed by atoms with Crippen LogP contribution in [-0.4, -0.2) is 22.6 Å². The molecule has 2 rings (SSSR count). The second-order valence-electron chi connectivity index (χ2n) is 3.01. The highest BCUT2D eigenvalue weighted by molar-refractivity contribution is 9.12. The third kappa shape index (κ3) is 1.98. The van der Waals surface area contributed by atoms with Gasteiger partial charge in [0.1, 0.15) is 4.61 Å². The maximum atomic E-state index is 12.5. The van der Waals surface area contributed by atoms with Crippen molar-refractivity contribution < 1.29 is 13.2 Å². The maximum absolute atomic E-state index is 12.5. The molecule has 0 bridgehead atoms. The zero-order chi connectivity index (χ0) is 12.1. The Morgan fingerprint density at radius 2 is 2.06 bits per heavy atom. The van der Waals surface area contributed by atoms with Gasteiger partial charge in [0.05, 0.1) is 5.70 Å². The van der Waals surface area contributed by atoms with Crippen LogP contribution in [0, 0.1) is 0 Å². The topological polar surface area (TPSA) is 27.6 Å². The SMILES string of the molecule is FC(F)(F)C1N=C2C(=C(Br)C=C(Br)N2Cl)N1. The van der Waals surface area contributed by atoms with Crippen LogP contribution in [0.1, 0.15) is 0 Å². The van der Waals surface area contributed by atoms with Gasteiger partial charge >= 0.3 is 6.18 Å². The van der Waals surface area contributed by atoms with Crippen LogP contribution in [0.3, 0.4) is 0 Å². The lowest BCUT2D eigenvalue weighted by Crippen LogP contribution is -2.37. The fraction of sp³-hybridized carbons (Fsp3) is 0.286. The number of halogens is 6. The lowest BCUT2D eigenvalue weighted by atomic mass is 10.3. The quantitative estimate of drug-likeness (QED) is 0.516. The zero-order valence-electron chi connectivity index (χ0n) is 7.32. The number of fused-ring (bicyclic) bond motifs is 1. The maximum Gasteiger partial charge on any atom is 0.429 e. The van der Waals surface area contributed by atoms with E-state index in [9.17, 15) is 13.2 Å². The van der Waals surface area contributed by atoms with E-state index in [0.29, 0.717) is 9.09 Å². The Bertz CT molecular complexity index is 429. The highest BCUT2D eigenvalue weighted by Gasteiger charge is 2.46. The van der Waals surface area contributed by atoms with E-state index in [1.165, 1.54) is 6.08 Å². The Balaban J connectivity index is 2.40. The summed E-state index contributed by atoms with van der Waals surface area (Å²) in [6.45, 7) is 0. The van der Waals surface area contributed by atoms with Gasteiger partial charge in [0.15, 0.2) is 5.84 Å². The lowest BCUT2D eigenvalue weighted by molar-refractivity contribution is -0.150. The molecule has 0 amide bonds. The van der Waals surface area contributed by atoms with Crippen LogP contribution in [0.25, 0.3) is 0 Å². The second-order valence-corrected chi connectivity index (χ2v) is 5.02. The number of nitrogens with zero attached hydrogens (tertiary/aromatic N) is 2. The number of alkyl halides is 3. The van der Waals surface area contributed by atoms with Gasteiger partial charge in [-0.2, -0.15) is 13.2 Å². The average molecular weight is 381 g/mol. The van der Waals surface area contributed by atoms with Gasteiger partial charge in [-0.05, 0) is 37.9 Å². The predicted octanol–water partition coefficient (Wildman–Crippen LogP) is 3.19. The first-order valence-corrected chi connectivity index (χ1v) is 5.87. The summed E-state index contributed by atoms with van der Waals surface area (Å²) in [5.41, 5.74) is 0.223. The number of hydrogen-bond donors (Lipinski definition) is 1. The van der Waals surface area contributed by atoms with E-state index in [1.807, 2.05) is 0 Å². The van der Waals surface area contributed by atoms with Gasteiger partial charge in [-0.15, -0.1) is 0 Å². The van der Waals surface area contributed by atoms with Crippen molar-refractivity contribution in [3.63, 3.8) is 0 Å². The van der Waals surface area contributed by atoms with Crippen LogP contribution in [-0.2, 0) is 0 Å². The summed E-state index contributed by atoms with van der Waals surface area (Å²) in [5.74, 6) is 0.0326. The molecule has 1 N–H and O–H groups in total. The Kier molecular flexibility index (Phi) is 3.00. The molecule has 0 aromatic rings. The molecule has 0 aromatic heterocycles. The molecule has 2 aliphatic rings. The molecule has 0 spiro atoms. The molecule has 9 heteroatoms. The molecule has 2 aliphatic heterocycles. The van der Waals surface area contributed by atoms with Gasteiger partial charge in [0, 0.05) is 16.3 Å². The molecule has 0 saturated carbocycles. The van der Waals surface area contributed by atoms with E-state index in [1.54, 1.807) is 0 Å². The molecule has 1 atom stereocenters. The Morgan fingerprint density at radius 1 is 1.44 bits per heavy atom. The molecule has 88 valence electrons. The van der Waals surface area contributed by atoms with Gasteiger partial charge in [-0.3, -0.25) is 0 Å². The van der Waals surface area contributed by atoms with Crippen LogP contribution in [0.2, 0.25) is 0 Å². The monoisotopic (exact) mass is 379 g/mol. The third-order valence-electron chi connectivity index (χ3n) is 1.92. The number of rotatable bonds is 0. The van der Waals surface area contributed by atoms with Gasteiger partial charge < -0.3 is 5.32 Å². The molecule has 3 nitrogen and oxygen atoms in total. The molecular formula is C7H3Br2ClF3N3. The van der Waals surface area contributed by atoms with Crippen LogP contribution in [0.5, 0.6) is 0 Å². The van der Waals surface area contributed by atoms with E-state index in [0.717, 1.165) is 4.42 Å². The second kappa shape index (κ2) is 3.92. The summed E-state index contributed by atoms with van der Waals surface area (Å²) in [5, 5.41) is 2.25. The molecule has 1 unspecified atom stereocenters. The number of allylic oxidation sites excluding steroid dienone is 2. The van der Waals surface area contributed by atoms with Crippen molar-refractivity contribution in [2.24, 2.45) is 4.99 Å². The summed E-state index contributed by atoms with van der Waals surface area (Å²) in [4.78, 5) is 3.48. The zero-order valence-corrected chi connectivity index (χ0v) is 11.2. The number of amidine groups is 1. The van der Waals surface area contributed by atoms with Crippen LogP contribution in [0.15, 0.2) is 25.9 Å². The van der Waals surface area contributed by atoms with Gasteiger partial charge in [0.2, 0.25) is 6.17 Å². The van der Waals surface area contributed by atoms with Crippen LogP contribution >= 0.6 is 43.6 Å². The van der Waals surface area contributed by atoms with Gasteiger partial charge in [0.25, 0.3) is 0 Å². The van der Waals surface area contributed by atoms with Crippen molar-refractivity contribution >= 4 is 49.5 Å². The minimum absolute atomic E-state index is 0.0326. The van der Waals surface area contributed by atoms with Crippen molar-refractivity contribution in [3.8, 4) is 0 Å². The smallest absolute Gasteiger partial charge is 0.352 e. The minimum Gasteiger partial charge on any atom is -0.352 e. The number of aliphatic imine (C=N–C) groups is 1. The van der Waals surface area contributed by atoms with E-state index >= 15 is 0 Å². The van der Waals surface area contributed by atoms with Crippen LogP contribution < -0.4 is 5.32 Å². The first kappa shape index (κ1) is 12.3. The largest absolute Gasteiger partial charge is 0.429 e. The highest BCUT2D eigenvalue weighted by atomic mass is 79.9. The number of hydrogen-bond acceptors (Lipinski definition) is 3. The molecule has 2 heterocycles. The van der Waals surface area contributed by atoms with E-state index in [2.05, 4.69) is 42.2 Å². The standard InChI is InChI=1S/C7H3Br2ClF3N3/c8-2-1-3(9)16(10)5-4(2)14-6(15-5)7(11,12)13/h1,6,14H. The van der Waals surface area contributed by atoms with Crippen molar-refractivity contribution in [3.05, 3.63) is 20.9 Å². The van der Waals surface area contributed by atoms with Crippen molar-refractivity contribution in [2.45, 2.75) is 12.3 Å². The first-order chi connectivity index (χ1) is 7.30. The van der Waals surface area contributed by atoms with Gasteiger partial charge in [-0.25, -0.2) is 9.41 Å². The molecular weight excluding hydrogens is 378 g/mol. The van der Waals surface area contributed by atoms with E-state index < -0.39 is 12.3 Å². The highest BCUT2D eigenvalue weighted by Crippen LogP contribution is 2.35. The molecule has 0 aromatic carbocycles. The minimum atomic E-state index is -4.45. The van der Waals surface area contributed by atoms with Crippen molar-refractivity contribution in [1.29, 1.82) is 0 Å². The molecule has 16 heavy (non-hydrogen) atoms. The number of nitrogens with one attached hydrogen (secondary N) is 1. The van der Waals surface area contributed by atoms with Crippen molar-refractivity contribution in [2.75, 3.05) is 0 Å². The third-order valence-corrected chi connectivity index (χ3v) is 3.68. The fourth-order valence-electron chi connectivity index (χ4n) is 1.23. The summed E-state index contributed by atoms with van der Waals surface area (Å²) >= 11 is 12.0. The Morgan fingerprint density at radius 3 is 2.62 bits per heavy atom. The van der Waals surface area contributed by atoms with E-state index in [4.69, 9.17) is 11.8 Å². The Labute approximate surface area is 110 Å². The summed E-state index contributed by atoms with van der Waals surface area (Å²) in [7, 11) is 0. The molecule has 0 radical (unpaired) electrons. The summed E-state index contributed by atoms with van der Waals surface area (Å²) in [6, 6.07) is 0. The molecule has 0 aliphatic carbocycles.